The zero-order valence-electron chi connectivity index (χ0n) is 17.9. The fourth-order valence-corrected chi connectivity index (χ4v) is 4.82. The first kappa shape index (κ1) is 18.8. The molecule has 0 saturated heterocycles. The third kappa shape index (κ3) is 3.60. The molecule has 3 nitrogen and oxygen atoms in total. The van der Waals surface area contributed by atoms with Gasteiger partial charge in [-0.15, -0.1) is 0 Å². The third-order valence-corrected chi connectivity index (χ3v) is 7.15. The molecule has 2 fully saturated rings. The highest BCUT2D eigenvalue weighted by molar-refractivity contribution is 5.86. The minimum Gasteiger partial charge on any atom is -0.489 e. The summed E-state index contributed by atoms with van der Waals surface area (Å²) >= 11 is 0. The Balaban J connectivity index is 1.50. The highest BCUT2D eigenvalue weighted by Gasteiger charge is 2.26. The highest BCUT2D eigenvalue weighted by atomic mass is 16.5. The Morgan fingerprint density at radius 2 is 1.55 bits per heavy atom. The summed E-state index contributed by atoms with van der Waals surface area (Å²) in [6.45, 7) is 4.80. The molecule has 0 aromatic heterocycles. The maximum atomic E-state index is 6.35. The Hall–Kier alpha value is -2.16. The molecule has 2 aliphatic carbocycles. The number of hydrogen-bond donors (Lipinski definition) is 0. The molecule has 2 aromatic rings. The fourth-order valence-electron chi connectivity index (χ4n) is 4.82. The van der Waals surface area contributed by atoms with Gasteiger partial charge < -0.3 is 14.4 Å². The van der Waals surface area contributed by atoms with E-state index in [1.165, 1.54) is 66.5 Å². The van der Waals surface area contributed by atoms with Gasteiger partial charge in [0.25, 0.3) is 0 Å². The summed E-state index contributed by atoms with van der Waals surface area (Å²) in [5, 5.41) is 0. The summed E-state index contributed by atoms with van der Waals surface area (Å²) in [6.07, 6.45) is 8.97. The second kappa shape index (κ2) is 7.93. The van der Waals surface area contributed by atoms with Crippen molar-refractivity contribution in [3.63, 3.8) is 0 Å². The molecule has 1 aliphatic heterocycles. The van der Waals surface area contributed by atoms with E-state index in [0.29, 0.717) is 0 Å². The van der Waals surface area contributed by atoms with Gasteiger partial charge in [0.05, 0.1) is 13.2 Å². The second-order valence-corrected chi connectivity index (χ2v) is 9.19. The molecule has 3 aliphatic rings. The number of nitrogens with zero attached hydrogens (tertiary/aromatic N) is 1. The van der Waals surface area contributed by atoms with Gasteiger partial charge in [-0.1, -0.05) is 38.0 Å². The molecule has 154 valence electrons. The number of fused-ring (bicyclic) bond motifs is 3. The van der Waals surface area contributed by atoms with Crippen molar-refractivity contribution in [3.8, 4) is 22.6 Å². The Labute approximate surface area is 175 Å². The number of rotatable bonds is 7. The lowest BCUT2D eigenvalue weighted by Gasteiger charge is -2.33. The van der Waals surface area contributed by atoms with Crippen LogP contribution in [0.15, 0.2) is 30.3 Å². The summed E-state index contributed by atoms with van der Waals surface area (Å²) in [7, 11) is 2.21. The normalized spacial score (nSPS) is 18.5. The van der Waals surface area contributed by atoms with E-state index in [-0.39, 0.29) is 0 Å². The van der Waals surface area contributed by atoms with Crippen LogP contribution in [0.2, 0.25) is 0 Å². The van der Waals surface area contributed by atoms with Gasteiger partial charge in [-0.25, -0.2) is 0 Å². The van der Waals surface area contributed by atoms with Gasteiger partial charge in [0, 0.05) is 24.8 Å². The number of hydrogen-bond acceptors (Lipinski definition) is 3. The summed E-state index contributed by atoms with van der Waals surface area (Å²) in [5.74, 6) is 3.32. The van der Waals surface area contributed by atoms with E-state index in [4.69, 9.17) is 9.47 Å². The molecule has 3 heteroatoms. The first-order chi connectivity index (χ1) is 14.2. The standard InChI is InChI=1S/C26H33NO2/c1-3-20-11-6-12-22-23-14-25(29-17-19-9-5-10-19)24(28-16-18-7-4-8-18)13-21(23)15-27(2)26(20)22/h6,11-14,18-19H,3-5,7-10,15-17H2,1-2H3. The van der Waals surface area contributed by atoms with E-state index in [1.54, 1.807) is 0 Å². The Kier molecular flexibility index (Phi) is 5.15. The fraction of sp³-hybridized carbons (Fsp3) is 0.538. The van der Waals surface area contributed by atoms with Gasteiger partial charge in [0.15, 0.2) is 11.5 Å². The van der Waals surface area contributed by atoms with Crippen LogP contribution >= 0.6 is 0 Å². The van der Waals surface area contributed by atoms with Crippen LogP contribution in [0, 0.1) is 11.8 Å². The predicted octanol–water partition coefficient (Wildman–Crippen LogP) is 6.22. The van der Waals surface area contributed by atoms with Crippen LogP contribution in [-0.4, -0.2) is 20.3 Å². The minimum atomic E-state index is 0.718. The number of anilines is 1. The van der Waals surface area contributed by atoms with Crippen molar-refractivity contribution in [1.29, 1.82) is 0 Å². The molecule has 0 unspecified atom stereocenters. The van der Waals surface area contributed by atoms with Crippen LogP contribution in [0.4, 0.5) is 5.69 Å². The van der Waals surface area contributed by atoms with Gasteiger partial charge in [-0.05, 0) is 72.8 Å². The maximum absolute atomic E-state index is 6.35. The van der Waals surface area contributed by atoms with Crippen LogP contribution in [0.1, 0.15) is 56.6 Å². The summed E-state index contributed by atoms with van der Waals surface area (Å²) in [6, 6.07) is 11.2. The molecule has 2 saturated carbocycles. The van der Waals surface area contributed by atoms with E-state index in [9.17, 15) is 0 Å². The van der Waals surface area contributed by atoms with Gasteiger partial charge in [0.2, 0.25) is 0 Å². The van der Waals surface area contributed by atoms with E-state index in [1.807, 2.05) is 0 Å². The van der Waals surface area contributed by atoms with E-state index in [2.05, 4.69) is 49.2 Å². The maximum Gasteiger partial charge on any atom is 0.161 e. The molecule has 0 bridgehead atoms. The first-order valence-electron chi connectivity index (χ1n) is 11.5. The summed E-state index contributed by atoms with van der Waals surface area (Å²) in [5.41, 5.74) is 6.77. The molecule has 29 heavy (non-hydrogen) atoms. The Morgan fingerprint density at radius 3 is 2.14 bits per heavy atom. The van der Waals surface area contributed by atoms with E-state index in [0.717, 1.165) is 49.5 Å². The highest BCUT2D eigenvalue weighted by Crippen LogP contribution is 2.45. The van der Waals surface area contributed by atoms with E-state index >= 15 is 0 Å². The molecule has 1 heterocycles. The monoisotopic (exact) mass is 391 g/mol. The molecule has 0 spiro atoms. The molecular formula is C26H33NO2. The number of aryl methyl sites for hydroxylation is 1. The van der Waals surface area contributed by atoms with E-state index < -0.39 is 0 Å². The Morgan fingerprint density at radius 1 is 0.897 bits per heavy atom. The average molecular weight is 392 g/mol. The van der Waals surface area contributed by atoms with Gasteiger partial charge in [-0.3, -0.25) is 0 Å². The number of ether oxygens (including phenoxy) is 2. The lowest BCUT2D eigenvalue weighted by Crippen LogP contribution is -2.24. The lowest BCUT2D eigenvalue weighted by atomic mass is 9.86. The largest absolute Gasteiger partial charge is 0.489 e. The number of para-hydroxylation sites is 1. The smallest absolute Gasteiger partial charge is 0.161 e. The topological polar surface area (TPSA) is 21.7 Å². The van der Waals surface area contributed by atoms with Crippen molar-refractivity contribution in [2.75, 3.05) is 25.2 Å². The van der Waals surface area contributed by atoms with Crippen molar-refractivity contribution >= 4 is 5.69 Å². The lowest BCUT2D eigenvalue weighted by molar-refractivity contribution is 0.155. The number of benzene rings is 2. The zero-order chi connectivity index (χ0) is 19.8. The van der Waals surface area contributed by atoms with Gasteiger partial charge in [-0.2, -0.15) is 0 Å². The molecule has 0 N–H and O–H groups in total. The van der Waals surface area contributed by atoms with Gasteiger partial charge >= 0.3 is 0 Å². The molecule has 0 radical (unpaired) electrons. The van der Waals surface area contributed by atoms with Crippen LogP contribution in [-0.2, 0) is 13.0 Å². The summed E-state index contributed by atoms with van der Waals surface area (Å²) < 4.78 is 12.7. The van der Waals surface area contributed by atoms with Crippen molar-refractivity contribution in [1.82, 2.24) is 0 Å². The first-order valence-corrected chi connectivity index (χ1v) is 11.5. The SMILES string of the molecule is CCc1cccc2c1N(C)Cc1cc(OCC3CCC3)c(OCC3CCC3)cc1-2. The minimum absolute atomic E-state index is 0.718. The van der Waals surface area contributed by atoms with Crippen LogP contribution in [0.5, 0.6) is 11.5 Å². The van der Waals surface area contributed by atoms with Crippen molar-refractivity contribution in [2.45, 2.75) is 58.4 Å². The molecule has 2 aromatic carbocycles. The molecular weight excluding hydrogens is 358 g/mol. The van der Waals surface area contributed by atoms with Crippen LogP contribution in [0.3, 0.4) is 0 Å². The molecule has 0 amide bonds. The molecule has 0 atom stereocenters. The quantitative estimate of drug-likeness (QED) is 0.559. The average Bonchev–Trinajstić information content (AvgIpc) is 2.65. The van der Waals surface area contributed by atoms with Gasteiger partial charge in [0.1, 0.15) is 0 Å². The van der Waals surface area contributed by atoms with Crippen LogP contribution in [0.25, 0.3) is 11.1 Å². The van der Waals surface area contributed by atoms with Crippen molar-refractivity contribution in [3.05, 3.63) is 41.5 Å². The Bertz CT molecular complexity index is 883. The van der Waals surface area contributed by atoms with Crippen LogP contribution < -0.4 is 14.4 Å². The second-order valence-electron chi connectivity index (χ2n) is 9.19. The third-order valence-electron chi connectivity index (χ3n) is 7.15. The van der Waals surface area contributed by atoms with Crippen molar-refractivity contribution in [2.24, 2.45) is 11.8 Å². The molecule has 5 rings (SSSR count). The summed E-state index contributed by atoms with van der Waals surface area (Å²) in [4.78, 5) is 2.39. The zero-order valence-corrected chi connectivity index (χ0v) is 17.9. The van der Waals surface area contributed by atoms with Crippen molar-refractivity contribution < 1.29 is 9.47 Å². The predicted molar refractivity (Wildman–Crippen MR) is 119 cm³/mol.